The lowest BCUT2D eigenvalue weighted by atomic mass is 9.98. The van der Waals surface area contributed by atoms with E-state index in [9.17, 15) is 34.5 Å². The monoisotopic (exact) mass is 1100 g/mol. The Morgan fingerprint density at radius 2 is 0.835 bits per heavy atom. The molecule has 79 heavy (non-hydrogen) atoms. The molecule has 1 aliphatic rings. The molecule has 0 radical (unpaired) electrons. The number of hydrogen-bond acceptors (Lipinski definition) is 11. The Kier molecular flexibility index (Phi) is 49.5. The van der Waals surface area contributed by atoms with Crippen molar-refractivity contribution < 1.29 is 58.2 Å². The maximum Gasteiger partial charge on any atom is 0.335 e. The number of aliphatic hydroxyl groups excluding tert-OH is 2. The average Bonchev–Trinajstić information content (AvgIpc) is 3.46. The van der Waals surface area contributed by atoms with Gasteiger partial charge in [0.25, 0.3) is 0 Å². The zero-order chi connectivity index (χ0) is 57.5. The van der Waals surface area contributed by atoms with Crippen LogP contribution in [0.3, 0.4) is 0 Å². The molecule has 0 aliphatic carbocycles. The zero-order valence-corrected chi connectivity index (χ0v) is 49.3. The summed E-state index contributed by atoms with van der Waals surface area (Å²) in [6.07, 6.45) is 60.8. The van der Waals surface area contributed by atoms with Crippen LogP contribution in [-0.2, 0) is 42.9 Å². The van der Waals surface area contributed by atoms with Crippen molar-refractivity contribution in [3.8, 4) is 0 Å². The van der Waals surface area contributed by atoms with Gasteiger partial charge in [-0.05, 0) is 83.5 Å². The quantitative estimate of drug-likeness (QED) is 0.0228. The van der Waals surface area contributed by atoms with Gasteiger partial charge in [-0.1, -0.05) is 246 Å². The molecule has 1 rings (SSSR count). The van der Waals surface area contributed by atoms with Crippen molar-refractivity contribution in [3.63, 3.8) is 0 Å². The predicted molar refractivity (Wildman–Crippen MR) is 321 cm³/mol. The summed E-state index contributed by atoms with van der Waals surface area (Å²) in [5.41, 5.74) is 0. The van der Waals surface area contributed by atoms with Crippen LogP contribution in [0.5, 0.6) is 0 Å². The molecule has 6 unspecified atom stereocenters. The molecule has 0 aromatic carbocycles. The molecule has 0 spiro atoms. The summed E-state index contributed by atoms with van der Waals surface area (Å²) >= 11 is 0. The van der Waals surface area contributed by atoms with Crippen LogP contribution in [-0.4, -0.2) is 89.2 Å². The third-order valence-electron chi connectivity index (χ3n) is 13.4. The second-order valence-corrected chi connectivity index (χ2v) is 20.6. The number of ether oxygens (including phenoxy) is 5. The number of esters is 3. The van der Waals surface area contributed by atoms with E-state index in [2.05, 4.69) is 106 Å². The Labute approximate surface area is 478 Å². The van der Waals surface area contributed by atoms with Crippen LogP contribution in [0.15, 0.2) is 109 Å². The van der Waals surface area contributed by atoms with Crippen LogP contribution < -0.4 is 0 Å². The molecule has 0 saturated carbocycles. The Hall–Kier alpha value is -4.62. The van der Waals surface area contributed by atoms with E-state index in [0.29, 0.717) is 19.3 Å². The molecule has 3 N–H and O–H groups in total. The number of carboxylic acid groups (broad SMARTS) is 1. The van der Waals surface area contributed by atoms with Gasteiger partial charge in [-0.15, -0.1) is 0 Å². The third kappa shape index (κ3) is 43.8. The van der Waals surface area contributed by atoms with Gasteiger partial charge in [-0.2, -0.15) is 0 Å². The lowest BCUT2D eigenvalue weighted by Gasteiger charge is -2.40. The van der Waals surface area contributed by atoms with Gasteiger partial charge >= 0.3 is 23.9 Å². The summed E-state index contributed by atoms with van der Waals surface area (Å²) in [4.78, 5) is 51.2. The van der Waals surface area contributed by atoms with E-state index in [-0.39, 0.29) is 25.9 Å². The van der Waals surface area contributed by atoms with Gasteiger partial charge in [0.2, 0.25) is 0 Å². The van der Waals surface area contributed by atoms with E-state index < -0.39 is 67.3 Å². The zero-order valence-electron chi connectivity index (χ0n) is 49.3. The van der Waals surface area contributed by atoms with Crippen LogP contribution in [0, 0.1) is 0 Å². The molecule has 1 heterocycles. The molecule has 12 heteroatoms. The number of aliphatic carboxylic acids is 1. The van der Waals surface area contributed by atoms with E-state index in [1.165, 1.54) is 64.2 Å². The van der Waals surface area contributed by atoms with Gasteiger partial charge in [-0.25, -0.2) is 4.79 Å². The molecular weight excluding hydrogens is 997 g/mol. The SMILES string of the molecule is CC/C=C\C/C=C\C/C=C\C/C=C\C/C=C\CC(=O)OC(COC(=O)CCCCCCCC/C=C\C/C=C\C/C=C\C/C=C\CC)COC1OC(C(=O)O)C(O)C(O)C1OC(=O)CCCCCCCCCCCCCCCCC. The Bertz CT molecular complexity index is 1790. The summed E-state index contributed by atoms with van der Waals surface area (Å²) in [7, 11) is 0. The Morgan fingerprint density at radius 1 is 0.443 bits per heavy atom. The molecule has 0 aromatic rings. The van der Waals surface area contributed by atoms with E-state index in [0.717, 1.165) is 116 Å². The topological polar surface area (TPSA) is 175 Å². The van der Waals surface area contributed by atoms with Crippen molar-refractivity contribution >= 4 is 23.9 Å². The normalized spacial score (nSPS) is 18.6. The minimum atomic E-state index is -1.92. The van der Waals surface area contributed by atoms with Crippen LogP contribution >= 0.6 is 0 Å². The summed E-state index contributed by atoms with van der Waals surface area (Å²) in [6.45, 7) is 5.68. The molecule has 1 fully saturated rings. The number of unbranched alkanes of at least 4 members (excludes halogenated alkanes) is 20. The van der Waals surface area contributed by atoms with E-state index in [1.807, 2.05) is 18.2 Å². The molecule has 0 bridgehead atoms. The fourth-order valence-corrected chi connectivity index (χ4v) is 8.73. The molecular formula is C67H108O12. The van der Waals surface area contributed by atoms with E-state index in [4.69, 9.17) is 23.7 Å². The molecule has 0 amide bonds. The lowest BCUT2D eigenvalue weighted by Crippen LogP contribution is -2.61. The number of carboxylic acids is 1. The van der Waals surface area contributed by atoms with Crippen LogP contribution in [0.1, 0.15) is 239 Å². The van der Waals surface area contributed by atoms with Crippen LogP contribution in [0.25, 0.3) is 0 Å². The Morgan fingerprint density at radius 3 is 1.28 bits per heavy atom. The standard InChI is InChI=1S/C67H108O12/c1-4-7-10-13-16-19-22-25-28-29-30-31-34-35-38-41-44-47-50-53-59(68)75-56-58(77-60(69)54-51-48-45-42-39-36-32-26-23-20-17-14-11-8-5-2)57-76-67-65(63(72)62(71)64(79-67)66(73)74)78-61(70)55-52-49-46-43-40-37-33-27-24-21-18-15-12-9-6-3/h7-8,10-11,16-17,19-20,25-26,28,30-32,39,42,48,51,58,62-65,67,71-72H,4-6,9,12-15,18,21-24,27,29,33-38,40-41,43-47,49-50,52-57H2,1-3H3,(H,73,74)/b10-7-,11-8-,19-16-,20-17-,28-25-,31-30-,32-26-,42-39-,51-48-. The van der Waals surface area contributed by atoms with Gasteiger partial charge in [0.15, 0.2) is 24.6 Å². The van der Waals surface area contributed by atoms with Gasteiger partial charge in [0, 0.05) is 12.8 Å². The van der Waals surface area contributed by atoms with Gasteiger partial charge in [0.05, 0.1) is 13.0 Å². The van der Waals surface area contributed by atoms with Crippen molar-refractivity contribution in [3.05, 3.63) is 109 Å². The third-order valence-corrected chi connectivity index (χ3v) is 13.4. The van der Waals surface area contributed by atoms with Crippen molar-refractivity contribution in [2.45, 2.75) is 276 Å². The number of carbonyl (C=O) groups is 4. The smallest absolute Gasteiger partial charge is 0.335 e. The first-order chi connectivity index (χ1) is 38.6. The molecule has 1 aliphatic heterocycles. The number of aliphatic hydroxyl groups is 2. The van der Waals surface area contributed by atoms with Crippen LogP contribution in [0.2, 0.25) is 0 Å². The second-order valence-electron chi connectivity index (χ2n) is 20.6. The molecule has 0 aromatic heterocycles. The van der Waals surface area contributed by atoms with Crippen molar-refractivity contribution in [2.24, 2.45) is 0 Å². The number of carbonyl (C=O) groups excluding carboxylic acids is 3. The molecule has 6 atom stereocenters. The largest absolute Gasteiger partial charge is 0.479 e. The highest BCUT2D eigenvalue weighted by atomic mass is 16.7. The highest BCUT2D eigenvalue weighted by molar-refractivity contribution is 5.74. The average molecular weight is 1110 g/mol. The Balaban J connectivity index is 2.73. The van der Waals surface area contributed by atoms with Crippen LogP contribution in [0.4, 0.5) is 0 Å². The number of hydrogen-bond donors (Lipinski definition) is 3. The maximum atomic E-state index is 13.1. The maximum absolute atomic E-state index is 13.1. The minimum Gasteiger partial charge on any atom is -0.479 e. The van der Waals surface area contributed by atoms with E-state index in [1.54, 1.807) is 6.08 Å². The fourth-order valence-electron chi connectivity index (χ4n) is 8.73. The fraction of sp³-hybridized carbons (Fsp3) is 0.672. The van der Waals surface area contributed by atoms with Crippen molar-refractivity contribution in [1.82, 2.24) is 0 Å². The first-order valence-electron chi connectivity index (χ1n) is 30.9. The molecule has 448 valence electrons. The summed E-state index contributed by atoms with van der Waals surface area (Å²) < 4.78 is 28.3. The second kappa shape index (κ2) is 54.0. The first kappa shape index (κ1) is 72.4. The number of rotatable bonds is 51. The molecule has 12 nitrogen and oxygen atoms in total. The predicted octanol–water partition coefficient (Wildman–Crippen LogP) is 16.2. The first-order valence-corrected chi connectivity index (χ1v) is 30.9. The van der Waals surface area contributed by atoms with E-state index >= 15 is 0 Å². The van der Waals surface area contributed by atoms with Gasteiger partial charge in [-0.3, -0.25) is 14.4 Å². The van der Waals surface area contributed by atoms with Gasteiger partial charge < -0.3 is 39.0 Å². The molecule has 1 saturated heterocycles. The number of allylic oxidation sites excluding steroid dienone is 17. The summed E-state index contributed by atoms with van der Waals surface area (Å²) in [6, 6.07) is 0. The minimum absolute atomic E-state index is 0.0469. The lowest BCUT2D eigenvalue weighted by molar-refractivity contribution is -0.301. The highest BCUT2D eigenvalue weighted by Gasteiger charge is 2.50. The summed E-state index contributed by atoms with van der Waals surface area (Å²) in [5, 5.41) is 31.5. The van der Waals surface area contributed by atoms with Crippen molar-refractivity contribution in [1.29, 1.82) is 0 Å². The van der Waals surface area contributed by atoms with Gasteiger partial charge in [0.1, 0.15) is 18.8 Å². The highest BCUT2D eigenvalue weighted by Crippen LogP contribution is 2.26. The van der Waals surface area contributed by atoms with Crippen molar-refractivity contribution in [2.75, 3.05) is 13.2 Å². The summed E-state index contributed by atoms with van der Waals surface area (Å²) in [5.74, 6) is -3.31.